The van der Waals surface area contributed by atoms with E-state index in [0.29, 0.717) is 13.0 Å². The highest BCUT2D eigenvalue weighted by Gasteiger charge is 2.20. The molecule has 0 aliphatic rings. The van der Waals surface area contributed by atoms with Crippen molar-refractivity contribution in [2.45, 2.75) is 25.7 Å². The van der Waals surface area contributed by atoms with E-state index >= 15 is 0 Å². The number of benzene rings is 2. The van der Waals surface area contributed by atoms with E-state index in [1.54, 1.807) is 13.2 Å². The summed E-state index contributed by atoms with van der Waals surface area (Å²) in [6.07, 6.45) is 3.12. The molecule has 1 amide bonds. The number of nitrogens with zero attached hydrogens (tertiary/aromatic N) is 1. The SMILES string of the molecule is COc1ccc(CCCNC(=O)CCCN(c2ccccc2F)S(C)(=O)=O)cc1. The second-order valence-corrected chi connectivity index (χ2v) is 8.60. The lowest BCUT2D eigenvalue weighted by atomic mass is 10.1. The topological polar surface area (TPSA) is 75.7 Å². The summed E-state index contributed by atoms with van der Waals surface area (Å²) in [5, 5.41) is 2.83. The zero-order valence-corrected chi connectivity index (χ0v) is 17.5. The van der Waals surface area contributed by atoms with E-state index in [0.717, 1.165) is 34.7 Å². The van der Waals surface area contributed by atoms with Gasteiger partial charge in [-0.2, -0.15) is 0 Å². The number of amides is 1. The van der Waals surface area contributed by atoms with Crippen LogP contribution in [0.4, 0.5) is 10.1 Å². The van der Waals surface area contributed by atoms with Crippen LogP contribution in [0.5, 0.6) is 5.75 Å². The lowest BCUT2D eigenvalue weighted by Gasteiger charge is -2.22. The fraction of sp³-hybridized carbons (Fsp3) is 0.381. The average Bonchev–Trinajstić information content (AvgIpc) is 2.69. The maximum Gasteiger partial charge on any atom is 0.232 e. The standard InChI is InChI=1S/C21H27FN2O4S/c1-28-18-13-11-17(12-14-18)7-5-15-23-21(25)10-6-16-24(29(2,26)27)20-9-4-3-8-19(20)22/h3-4,8-9,11-14H,5-7,10,15-16H2,1-2H3,(H,23,25). The number of ether oxygens (including phenoxy) is 1. The number of anilines is 1. The molecule has 0 heterocycles. The summed E-state index contributed by atoms with van der Waals surface area (Å²) >= 11 is 0. The van der Waals surface area contributed by atoms with Gasteiger partial charge in [0.05, 0.1) is 19.1 Å². The first kappa shape index (κ1) is 22.7. The number of hydrogen-bond donors (Lipinski definition) is 1. The van der Waals surface area contributed by atoms with E-state index in [2.05, 4.69) is 5.32 Å². The second kappa shape index (κ2) is 10.8. The quantitative estimate of drug-likeness (QED) is 0.565. The molecular weight excluding hydrogens is 395 g/mol. The molecule has 0 bridgehead atoms. The van der Waals surface area contributed by atoms with Crippen molar-refractivity contribution in [3.8, 4) is 5.75 Å². The Morgan fingerprint density at radius 1 is 1.10 bits per heavy atom. The summed E-state index contributed by atoms with van der Waals surface area (Å²) in [4.78, 5) is 12.0. The second-order valence-electron chi connectivity index (χ2n) is 6.69. The zero-order chi connectivity index (χ0) is 21.3. The highest BCUT2D eigenvalue weighted by molar-refractivity contribution is 7.92. The third-order valence-corrected chi connectivity index (χ3v) is 5.59. The minimum atomic E-state index is -3.64. The van der Waals surface area contributed by atoms with Crippen LogP contribution in [0.3, 0.4) is 0 Å². The molecule has 2 rings (SSSR count). The Balaban J connectivity index is 1.74. The van der Waals surface area contributed by atoms with Crippen LogP contribution in [0, 0.1) is 5.82 Å². The van der Waals surface area contributed by atoms with Crippen LogP contribution in [-0.4, -0.2) is 40.8 Å². The van der Waals surface area contributed by atoms with E-state index in [4.69, 9.17) is 4.74 Å². The number of sulfonamides is 1. The fourth-order valence-electron chi connectivity index (χ4n) is 2.90. The van der Waals surface area contributed by atoms with Gasteiger partial charge < -0.3 is 10.1 Å². The maximum atomic E-state index is 14.0. The third kappa shape index (κ3) is 7.38. The fourth-order valence-corrected chi connectivity index (χ4v) is 3.87. The monoisotopic (exact) mass is 422 g/mol. The Morgan fingerprint density at radius 3 is 2.41 bits per heavy atom. The van der Waals surface area contributed by atoms with Crippen molar-refractivity contribution >= 4 is 21.6 Å². The molecule has 0 fully saturated rings. The Hall–Kier alpha value is -2.61. The minimum Gasteiger partial charge on any atom is -0.497 e. The van der Waals surface area contributed by atoms with Crippen molar-refractivity contribution in [3.63, 3.8) is 0 Å². The zero-order valence-electron chi connectivity index (χ0n) is 16.7. The highest BCUT2D eigenvalue weighted by atomic mass is 32.2. The Bertz CT molecular complexity index is 901. The van der Waals surface area contributed by atoms with Crippen LogP contribution in [-0.2, 0) is 21.2 Å². The molecule has 0 radical (unpaired) electrons. The number of carbonyl (C=O) groups is 1. The molecular formula is C21H27FN2O4S. The summed E-state index contributed by atoms with van der Waals surface area (Å²) in [6.45, 7) is 0.576. The first-order valence-corrected chi connectivity index (χ1v) is 11.3. The summed E-state index contributed by atoms with van der Waals surface area (Å²) in [7, 11) is -2.02. The predicted molar refractivity (Wildman–Crippen MR) is 112 cm³/mol. The van der Waals surface area contributed by atoms with E-state index in [1.807, 2.05) is 24.3 Å². The first-order valence-electron chi connectivity index (χ1n) is 9.43. The smallest absolute Gasteiger partial charge is 0.232 e. The van der Waals surface area contributed by atoms with E-state index < -0.39 is 15.8 Å². The molecule has 0 atom stereocenters. The molecule has 2 aromatic rings. The van der Waals surface area contributed by atoms with Gasteiger partial charge in [-0.25, -0.2) is 12.8 Å². The lowest BCUT2D eigenvalue weighted by molar-refractivity contribution is -0.121. The average molecular weight is 423 g/mol. The molecule has 8 heteroatoms. The van der Waals surface area contributed by atoms with Crippen molar-refractivity contribution in [3.05, 3.63) is 59.9 Å². The molecule has 0 saturated carbocycles. The largest absolute Gasteiger partial charge is 0.497 e. The molecule has 1 N–H and O–H groups in total. The van der Waals surface area contributed by atoms with Crippen LogP contribution in [0.1, 0.15) is 24.8 Å². The van der Waals surface area contributed by atoms with Gasteiger partial charge in [0.1, 0.15) is 11.6 Å². The number of hydrogen-bond acceptors (Lipinski definition) is 4. The van der Waals surface area contributed by atoms with Crippen molar-refractivity contribution in [1.82, 2.24) is 5.32 Å². The maximum absolute atomic E-state index is 14.0. The number of carbonyl (C=O) groups excluding carboxylic acids is 1. The van der Waals surface area contributed by atoms with Crippen molar-refractivity contribution in [2.75, 3.05) is 30.8 Å². The summed E-state index contributed by atoms with van der Waals surface area (Å²) < 4.78 is 44.1. The Labute approximate surface area is 171 Å². The summed E-state index contributed by atoms with van der Waals surface area (Å²) in [6, 6.07) is 13.5. The Morgan fingerprint density at radius 2 is 1.79 bits per heavy atom. The highest BCUT2D eigenvalue weighted by Crippen LogP contribution is 2.21. The van der Waals surface area contributed by atoms with Crippen LogP contribution >= 0.6 is 0 Å². The Kier molecular flexibility index (Phi) is 8.45. The summed E-state index contributed by atoms with van der Waals surface area (Å²) in [5.41, 5.74) is 1.16. The third-order valence-electron chi connectivity index (χ3n) is 4.41. The van der Waals surface area contributed by atoms with Crippen LogP contribution in [0.25, 0.3) is 0 Å². The van der Waals surface area contributed by atoms with Crippen LogP contribution < -0.4 is 14.4 Å². The van der Waals surface area contributed by atoms with E-state index in [-0.39, 0.29) is 24.6 Å². The number of halogens is 1. The van der Waals surface area contributed by atoms with Gasteiger partial charge in [0, 0.05) is 19.5 Å². The number of rotatable bonds is 11. The molecule has 29 heavy (non-hydrogen) atoms. The number of para-hydroxylation sites is 1. The van der Waals surface area contributed by atoms with Gasteiger partial charge in [-0.15, -0.1) is 0 Å². The number of nitrogens with one attached hydrogen (secondary N) is 1. The van der Waals surface area contributed by atoms with Gasteiger partial charge in [-0.1, -0.05) is 24.3 Å². The van der Waals surface area contributed by atoms with Crippen molar-refractivity contribution in [2.24, 2.45) is 0 Å². The van der Waals surface area contributed by atoms with Gasteiger partial charge in [0.2, 0.25) is 15.9 Å². The van der Waals surface area contributed by atoms with Gasteiger partial charge in [0.25, 0.3) is 0 Å². The van der Waals surface area contributed by atoms with Crippen LogP contribution in [0.15, 0.2) is 48.5 Å². The lowest BCUT2D eigenvalue weighted by Crippen LogP contribution is -2.33. The van der Waals surface area contributed by atoms with E-state index in [1.165, 1.54) is 18.2 Å². The molecule has 0 spiro atoms. The molecule has 2 aromatic carbocycles. The molecule has 158 valence electrons. The van der Waals surface area contributed by atoms with Crippen LogP contribution in [0.2, 0.25) is 0 Å². The number of aryl methyl sites for hydroxylation is 1. The minimum absolute atomic E-state index is 0.00472. The van der Waals surface area contributed by atoms with Gasteiger partial charge in [0.15, 0.2) is 0 Å². The normalized spacial score (nSPS) is 11.1. The van der Waals surface area contributed by atoms with Gasteiger partial charge in [-0.3, -0.25) is 9.10 Å². The van der Waals surface area contributed by atoms with Gasteiger partial charge >= 0.3 is 0 Å². The molecule has 0 unspecified atom stereocenters. The van der Waals surface area contributed by atoms with Crippen molar-refractivity contribution < 1.29 is 22.3 Å². The number of methoxy groups -OCH3 is 1. The van der Waals surface area contributed by atoms with E-state index in [9.17, 15) is 17.6 Å². The van der Waals surface area contributed by atoms with Gasteiger partial charge in [-0.05, 0) is 49.1 Å². The predicted octanol–water partition coefficient (Wildman–Crippen LogP) is 3.13. The molecule has 0 aliphatic heterocycles. The molecule has 0 aromatic heterocycles. The first-order chi connectivity index (χ1) is 13.8. The molecule has 0 aliphatic carbocycles. The summed E-state index contributed by atoms with van der Waals surface area (Å²) in [5.74, 6) is 0.0446. The van der Waals surface area contributed by atoms with Crippen molar-refractivity contribution in [1.29, 1.82) is 0 Å². The molecule has 6 nitrogen and oxygen atoms in total. The molecule has 0 saturated heterocycles.